The van der Waals surface area contributed by atoms with Crippen molar-refractivity contribution in [2.24, 2.45) is 5.73 Å². The van der Waals surface area contributed by atoms with Crippen LogP contribution in [0.1, 0.15) is 5.56 Å². The zero-order chi connectivity index (χ0) is 24.7. The Balaban J connectivity index is 1.64. The van der Waals surface area contributed by atoms with Crippen molar-refractivity contribution in [3.05, 3.63) is 121 Å². The van der Waals surface area contributed by atoms with Gasteiger partial charge in [0.05, 0.1) is 27.6 Å². The summed E-state index contributed by atoms with van der Waals surface area (Å²) in [7, 11) is 0. The number of amidine groups is 1. The molecular formula is C33H22N4. The van der Waals surface area contributed by atoms with Gasteiger partial charge in [-0.05, 0) is 41.8 Å². The third-order valence-electron chi connectivity index (χ3n) is 7.67. The molecule has 0 amide bonds. The average Bonchev–Trinajstić information content (AvgIpc) is 3.50. The summed E-state index contributed by atoms with van der Waals surface area (Å²) in [5.74, 6) is 0.0697. The lowest BCUT2D eigenvalue weighted by atomic mass is 10.1. The lowest BCUT2D eigenvalue weighted by molar-refractivity contribution is 1.18. The second-order valence-corrected chi connectivity index (χ2v) is 9.64. The molecule has 4 heteroatoms. The predicted octanol–water partition coefficient (Wildman–Crippen LogP) is 7.78. The molecule has 5 aromatic carbocycles. The molecule has 0 bridgehead atoms. The van der Waals surface area contributed by atoms with Crippen LogP contribution in [0.25, 0.3) is 65.6 Å². The van der Waals surface area contributed by atoms with Gasteiger partial charge < -0.3 is 14.7 Å². The fourth-order valence-electron chi connectivity index (χ4n) is 6.12. The Kier molecular flexibility index (Phi) is 3.93. The summed E-state index contributed by atoms with van der Waals surface area (Å²) in [6.07, 6.45) is 0. The van der Waals surface area contributed by atoms with Crippen LogP contribution < -0.4 is 5.73 Å². The highest BCUT2D eigenvalue weighted by Gasteiger charge is 2.19. The monoisotopic (exact) mass is 474 g/mol. The van der Waals surface area contributed by atoms with Crippen LogP contribution in [0.3, 0.4) is 0 Å². The van der Waals surface area contributed by atoms with Crippen LogP contribution in [0, 0.1) is 5.41 Å². The Labute approximate surface area is 212 Å². The zero-order valence-electron chi connectivity index (χ0n) is 19.9. The van der Waals surface area contributed by atoms with E-state index < -0.39 is 0 Å². The molecule has 0 aliphatic heterocycles. The van der Waals surface area contributed by atoms with E-state index >= 15 is 0 Å². The number of hydrogen-bond donors (Lipinski definition) is 2. The Morgan fingerprint density at radius 2 is 1.14 bits per heavy atom. The van der Waals surface area contributed by atoms with E-state index in [1.165, 1.54) is 48.9 Å². The number of pyridine rings is 1. The third-order valence-corrected chi connectivity index (χ3v) is 7.67. The molecule has 3 aromatic heterocycles. The number of nitrogens with one attached hydrogen (secondary N) is 1. The molecule has 0 radical (unpaired) electrons. The molecule has 0 aliphatic carbocycles. The quantitative estimate of drug-likeness (QED) is 0.150. The molecule has 0 fully saturated rings. The number of hydrogen-bond acceptors (Lipinski definition) is 1. The molecule has 3 N–H and O–H groups in total. The minimum Gasteiger partial charge on any atom is -0.384 e. The molecule has 0 saturated heterocycles. The Morgan fingerprint density at radius 3 is 1.89 bits per heavy atom. The highest BCUT2D eigenvalue weighted by atomic mass is 15.0. The second-order valence-electron chi connectivity index (χ2n) is 9.64. The fraction of sp³-hybridized carbons (Fsp3) is 0. The van der Waals surface area contributed by atoms with Gasteiger partial charge in [-0.3, -0.25) is 5.41 Å². The van der Waals surface area contributed by atoms with E-state index in [0.717, 1.165) is 22.3 Å². The van der Waals surface area contributed by atoms with Gasteiger partial charge in [0.15, 0.2) is 0 Å². The molecule has 3 heterocycles. The van der Waals surface area contributed by atoms with Gasteiger partial charge >= 0.3 is 0 Å². The Hall–Kier alpha value is -5.09. The fourth-order valence-corrected chi connectivity index (χ4v) is 6.12. The van der Waals surface area contributed by atoms with Crippen molar-refractivity contribution in [2.75, 3.05) is 0 Å². The maximum atomic E-state index is 8.01. The second kappa shape index (κ2) is 7.21. The highest BCUT2D eigenvalue weighted by Crippen LogP contribution is 2.40. The van der Waals surface area contributed by atoms with Gasteiger partial charge in [0.1, 0.15) is 5.84 Å². The van der Waals surface area contributed by atoms with Crippen LogP contribution in [-0.2, 0) is 0 Å². The van der Waals surface area contributed by atoms with Crippen molar-refractivity contribution >= 4 is 65.7 Å². The largest absolute Gasteiger partial charge is 0.384 e. The summed E-state index contributed by atoms with van der Waals surface area (Å²) >= 11 is 0. The van der Waals surface area contributed by atoms with E-state index in [4.69, 9.17) is 11.1 Å². The van der Waals surface area contributed by atoms with E-state index in [1.54, 1.807) is 0 Å². The van der Waals surface area contributed by atoms with Gasteiger partial charge in [-0.15, -0.1) is 0 Å². The number of fused-ring (bicyclic) bond motifs is 12. The molecule has 8 rings (SSSR count). The van der Waals surface area contributed by atoms with Gasteiger partial charge in [-0.2, -0.15) is 0 Å². The van der Waals surface area contributed by atoms with Crippen molar-refractivity contribution in [3.63, 3.8) is 0 Å². The van der Waals surface area contributed by atoms with Crippen molar-refractivity contribution in [1.29, 1.82) is 5.41 Å². The van der Waals surface area contributed by atoms with Crippen LogP contribution >= 0.6 is 0 Å². The molecule has 0 saturated carbocycles. The van der Waals surface area contributed by atoms with E-state index in [2.05, 4.69) is 106 Å². The number of nitrogens with two attached hydrogens (primary N) is 1. The van der Waals surface area contributed by atoms with Gasteiger partial charge in [0.25, 0.3) is 0 Å². The number of nitrogen functional groups attached to an aromatic ring is 1. The number of para-hydroxylation sites is 2. The first kappa shape index (κ1) is 20.1. The van der Waals surface area contributed by atoms with Crippen molar-refractivity contribution in [3.8, 4) is 5.69 Å². The molecule has 0 atom stereocenters. The standard InChI is InChI=1S/C33H22N4/c34-33(35)20-8-7-9-21(18-20)36-28-14-5-4-13-25(28)26-16-17-30-27(32(26)36)19-31-24-12-2-1-10-22(24)23-11-3-6-15-29(23)37(30)31/h1-19H,(H3,34,35). The Bertz CT molecular complexity index is 2230. The first-order valence-electron chi connectivity index (χ1n) is 12.4. The molecule has 0 spiro atoms. The van der Waals surface area contributed by atoms with Crippen LogP contribution in [0.15, 0.2) is 115 Å². The number of rotatable bonds is 2. The number of aromatic nitrogens is 2. The van der Waals surface area contributed by atoms with Crippen molar-refractivity contribution < 1.29 is 0 Å². The van der Waals surface area contributed by atoms with E-state index in [9.17, 15) is 0 Å². The maximum Gasteiger partial charge on any atom is 0.122 e. The SMILES string of the molecule is N=C(N)c1cccc(-n2c3ccccc3c3ccc4c(cc5c6ccccc6c6ccccc6n54)c32)c1. The normalized spacial score (nSPS) is 12.0. The molecule has 174 valence electrons. The highest BCUT2D eigenvalue weighted by molar-refractivity contribution is 6.22. The summed E-state index contributed by atoms with van der Waals surface area (Å²) in [6, 6.07) is 40.7. The molecule has 0 unspecified atom stereocenters. The van der Waals surface area contributed by atoms with Crippen LogP contribution in [0.4, 0.5) is 0 Å². The van der Waals surface area contributed by atoms with E-state index in [0.29, 0.717) is 0 Å². The summed E-state index contributed by atoms with van der Waals surface area (Å²) in [4.78, 5) is 0. The molecule has 8 aromatic rings. The van der Waals surface area contributed by atoms with Crippen LogP contribution in [0.5, 0.6) is 0 Å². The van der Waals surface area contributed by atoms with Crippen molar-refractivity contribution in [1.82, 2.24) is 8.97 Å². The van der Waals surface area contributed by atoms with Gasteiger partial charge in [-0.25, -0.2) is 0 Å². The first-order chi connectivity index (χ1) is 18.2. The predicted molar refractivity (Wildman–Crippen MR) is 155 cm³/mol. The minimum absolute atomic E-state index is 0.0697. The lowest BCUT2D eigenvalue weighted by Gasteiger charge is -2.11. The minimum atomic E-state index is 0.0697. The molecular weight excluding hydrogens is 452 g/mol. The summed E-state index contributed by atoms with van der Waals surface area (Å²) < 4.78 is 4.73. The Morgan fingerprint density at radius 1 is 0.514 bits per heavy atom. The topological polar surface area (TPSA) is 59.2 Å². The average molecular weight is 475 g/mol. The summed E-state index contributed by atoms with van der Waals surface area (Å²) in [5.41, 5.74) is 13.5. The molecule has 37 heavy (non-hydrogen) atoms. The van der Waals surface area contributed by atoms with Gasteiger partial charge in [0.2, 0.25) is 0 Å². The zero-order valence-corrected chi connectivity index (χ0v) is 19.9. The smallest absolute Gasteiger partial charge is 0.122 e. The lowest BCUT2D eigenvalue weighted by Crippen LogP contribution is -2.11. The number of benzene rings is 5. The van der Waals surface area contributed by atoms with E-state index in [-0.39, 0.29) is 5.84 Å². The summed E-state index contributed by atoms with van der Waals surface area (Å²) in [5, 5.41) is 15.4. The first-order valence-corrected chi connectivity index (χ1v) is 12.4. The van der Waals surface area contributed by atoms with Gasteiger partial charge in [-0.1, -0.05) is 78.9 Å². The summed E-state index contributed by atoms with van der Waals surface area (Å²) in [6.45, 7) is 0. The number of nitrogens with zero attached hydrogens (tertiary/aromatic N) is 2. The molecule has 0 aliphatic rings. The van der Waals surface area contributed by atoms with Crippen LogP contribution in [-0.4, -0.2) is 14.8 Å². The van der Waals surface area contributed by atoms with Crippen molar-refractivity contribution in [2.45, 2.75) is 0 Å². The van der Waals surface area contributed by atoms with Gasteiger partial charge in [0, 0.05) is 38.2 Å². The van der Waals surface area contributed by atoms with Crippen LogP contribution in [0.2, 0.25) is 0 Å². The van der Waals surface area contributed by atoms with E-state index in [1.807, 2.05) is 18.2 Å². The molecule has 4 nitrogen and oxygen atoms in total. The third kappa shape index (κ3) is 2.64. The maximum absolute atomic E-state index is 8.01.